The predicted molar refractivity (Wildman–Crippen MR) is 134 cm³/mol. The van der Waals surface area contributed by atoms with Crippen LogP contribution in [0, 0.1) is 17.3 Å². The summed E-state index contributed by atoms with van der Waals surface area (Å²) in [6.07, 6.45) is 5.48. The number of para-hydroxylation sites is 1. The van der Waals surface area contributed by atoms with E-state index < -0.39 is 0 Å². The van der Waals surface area contributed by atoms with E-state index in [4.69, 9.17) is 19.5 Å². The number of rotatable bonds is 7. The number of nitrogens with one attached hydrogen (secondary N) is 1. The van der Waals surface area contributed by atoms with Crippen LogP contribution in [-0.4, -0.2) is 25.3 Å². The predicted octanol–water partition coefficient (Wildman–Crippen LogP) is 5.24. The molecule has 1 aliphatic heterocycles. The molecule has 172 valence electrons. The molecule has 7 rings (SSSR count). The lowest BCUT2D eigenvalue weighted by Crippen LogP contribution is -2.59. The minimum absolute atomic E-state index is 0.0166. The molecule has 1 aromatic heterocycles. The molecule has 5 nitrogen and oxygen atoms in total. The highest BCUT2D eigenvalue weighted by Gasteiger charge is 2.62. The minimum Gasteiger partial charge on any atom is -0.464 e. The molecule has 0 spiro atoms. The largest absolute Gasteiger partial charge is 0.477 e. The number of anilines is 1. The van der Waals surface area contributed by atoms with E-state index in [-0.39, 0.29) is 25.3 Å². The lowest BCUT2D eigenvalue weighted by molar-refractivity contribution is -0.150. The molecular weight excluding hydrogens is 431 g/mol. The lowest BCUT2D eigenvalue weighted by atomic mass is 9.47. The van der Waals surface area contributed by atoms with Crippen LogP contribution >= 0.6 is 11.9 Å². The van der Waals surface area contributed by atoms with Crippen molar-refractivity contribution >= 4 is 35.7 Å². The molecule has 2 aromatic carbocycles. The zero-order valence-electron chi connectivity index (χ0n) is 19.2. The van der Waals surface area contributed by atoms with Gasteiger partial charge in [0.1, 0.15) is 5.58 Å². The van der Waals surface area contributed by atoms with Gasteiger partial charge in [0, 0.05) is 16.8 Å². The first-order valence-corrected chi connectivity index (χ1v) is 13.0. The van der Waals surface area contributed by atoms with Crippen molar-refractivity contribution in [2.45, 2.75) is 57.0 Å². The van der Waals surface area contributed by atoms with Gasteiger partial charge < -0.3 is 19.5 Å². The van der Waals surface area contributed by atoms with Gasteiger partial charge in [-0.2, -0.15) is 0 Å². The number of furan rings is 1. The molecule has 1 saturated heterocycles. The Bertz CT molecular complexity index is 1150. The normalized spacial score (nSPS) is 28.5. The smallest absolute Gasteiger partial charge is 0.464 e. The van der Waals surface area contributed by atoms with Gasteiger partial charge in [-0.3, -0.25) is 4.72 Å². The molecule has 7 heteroatoms. The van der Waals surface area contributed by atoms with Crippen LogP contribution < -0.4 is 10.5 Å². The van der Waals surface area contributed by atoms with E-state index >= 15 is 0 Å². The fourth-order valence-electron chi connectivity index (χ4n) is 6.09. The van der Waals surface area contributed by atoms with Gasteiger partial charge >= 0.3 is 7.12 Å². The standard InChI is InChI=1S/C26H31BN2O3S/c1-26(2)18-12-21(26)25-23(13-18)31-27(32-25)24(29-33-15-16-6-5-7-19(28)10-16)11-17-14-30-22-9-4-3-8-20(17)22/h3-10,14,18,21,23-25,29H,11-13,15,28H2,1-2H3. The van der Waals surface area contributed by atoms with Gasteiger partial charge in [0.2, 0.25) is 0 Å². The molecule has 3 aliphatic carbocycles. The van der Waals surface area contributed by atoms with E-state index in [9.17, 15) is 0 Å². The van der Waals surface area contributed by atoms with E-state index in [1.165, 1.54) is 17.5 Å². The van der Waals surface area contributed by atoms with Crippen molar-refractivity contribution < 1.29 is 13.7 Å². The van der Waals surface area contributed by atoms with Gasteiger partial charge in [0.15, 0.2) is 0 Å². The third-order valence-electron chi connectivity index (χ3n) is 8.18. The molecule has 33 heavy (non-hydrogen) atoms. The van der Waals surface area contributed by atoms with Gasteiger partial charge in [-0.05, 0) is 65.8 Å². The van der Waals surface area contributed by atoms with E-state index in [1.807, 2.05) is 36.6 Å². The van der Waals surface area contributed by atoms with Crippen LogP contribution in [0.2, 0.25) is 0 Å². The Labute approximate surface area is 200 Å². The quantitative estimate of drug-likeness (QED) is 0.284. The topological polar surface area (TPSA) is 69.7 Å². The SMILES string of the molecule is CC1(C)C2CC3OB(C(Cc4coc5ccccc45)NSCc4cccc(N)c4)OC3C1C2. The number of nitrogen functional groups attached to an aromatic ring is 1. The zero-order valence-corrected chi connectivity index (χ0v) is 20.0. The van der Waals surface area contributed by atoms with Crippen LogP contribution in [0.5, 0.6) is 0 Å². The summed E-state index contributed by atoms with van der Waals surface area (Å²) in [5.74, 6) is 2.20. The molecule has 3 saturated carbocycles. The summed E-state index contributed by atoms with van der Waals surface area (Å²) < 4.78 is 22.7. The molecule has 0 amide bonds. The first-order valence-electron chi connectivity index (χ1n) is 12.0. The number of hydrogen-bond acceptors (Lipinski definition) is 6. The van der Waals surface area contributed by atoms with Crippen molar-refractivity contribution in [1.29, 1.82) is 0 Å². The van der Waals surface area contributed by atoms with Crippen LogP contribution in [0.3, 0.4) is 0 Å². The second-order valence-electron chi connectivity index (χ2n) is 10.5. The van der Waals surface area contributed by atoms with Gasteiger partial charge in [-0.15, -0.1) is 0 Å². The molecule has 5 atom stereocenters. The Morgan fingerprint density at radius 3 is 2.88 bits per heavy atom. The van der Waals surface area contributed by atoms with Crippen molar-refractivity contribution in [3.05, 3.63) is 65.9 Å². The van der Waals surface area contributed by atoms with Gasteiger partial charge in [-0.1, -0.05) is 56.1 Å². The van der Waals surface area contributed by atoms with E-state index in [0.29, 0.717) is 11.3 Å². The highest BCUT2D eigenvalue weighted by molar-refractivity contribution is 7.96. The monoisotopic (exact) mass is 462 g/mol. The van der Waals surface area contributed by atoms with Crippen molar-refractivity contribution in [3.63, 3.8) is 0 Å². The molecule has 3 N–H and O–H groups in total. The molecule has 5 unspecified atom stereocenters. The van der Waals surface area contributed by atoms with Crippen molar-refractivity contribution in [3.8, 4) is 0 Å². The average molecular weight is 462 g/mol. The van der Waals surface area contributed by atoms with E-state index in [0.717, 1.165) is 41.2 Å². The second-order valence-corrected chi connectivity index (χ2v) is 11.3. The summed E-state index contributed by atoms with van der Waals surface area (Å²) in [6, 6.07) is 16.3. The summed E-state index contributed by atoms with van der Waals surface area (Å²) in [5.41, 5.74) is 10.4. The minimum atomic E-state index is -0.267. The Morgan fingerprint density at radius 1 is 1.15 bits per heavy atom. The van der Waals surface area contributed by atoms with Crippen molar-refractivity contribution in [2.24, 2.45) is 17.3 Å². The second kappa shape index (κ2) is 8.38. The molecule has 2 bridgehead atoms. The summed E-state index contributed by atoms with van der Waals surface area (Å²) in [6.45, 7) is 4.79. The molecule has 0 radical (unpaired) electrons. The summed E-state index contributed by atoms with van der Waals surface area (Å²) in [5, 5.41) is 1.16. The summed E-state index contributed by atoms with van der Waals surface area (Å²) >= 11 is 1.69. The number of fused-ring (bicyclic) bond motifs is 1. The summed E-state index contributed by atoms with van der Waals surface area (Å²) in [4.78, 5) is 0. The number of benzene rings is 2. The van der Waals surface area contributed by atoms with Gasteiger partial charge in [-0.25, -0.2) is 0 Å². The first-order chi connectivity index (χ1) is 16.0. The molecule has 2 heterocycles. The van der Waals surface area contributed by atoms with Gasteiger partial charge in [0.05, 0.1) is 24.4 Å². The van der Waals surface area contributed by atoms with E-state index in [2.05, 4.69) is 36.8 Å². The average Bonchev–Trinajstić information content (AvgIpc) is 3.42. The maximum absolute atomic E-state index is 6.65. The maximum Gasteiger partial charge on any atom is 0.477 e. The zero-order chi connectivity index (χ0) is 22.6. The fourth-order valence-corrected chi connectivity index (χ4v) is 6.93. The Kier molecular flexibility index (Phi) is 5.49. The molecule has 4 aliphatic rings. The third kappa shape index (κ3) is 3.89. The maximum atomic E-state index is 6.65. The van der Waals surface area contributed by atoms with Gasteiger partial charge in [0.25, 0.3) is 0 Å². The van der Waals surface area contributed by atoms with Crippen molar-refractivity contribution in [1.82, 2.24) is 4.72 Å². The van der Waals surface area contributed by atoms with Crippen LogP contribution in [0.25, 0.3) is 11.0 Å². The highest BCUT2D eigenvalue weighted by atomic mass is 32.2. The Balaban J connectivity index is 1.20. The summed E-state index contributed by atoms with van der Waals surface area (Å²) in [7, 11) is -0.267. The highest BCUT2D eigenvalue weighted by Crippen LogP contribution is 2.61. The first kappa shape index (κ1) is 21.6. The van der Waals surface area contributed by atoms with Crippen LogP contribution in [-0.2, 0) is 21.5 Å². The van der Waals surface area contributed by atoms with Crippen LogP contribution in [0.4, 0.5) is 5.69 Å². The Hall–Kier alpha value is -1.93. The lowest BCUT2D eigenvalue weighted by Gasteiger charge is -2.60. The van der Waals surface area contributed by atoms with Crippen LogP contribution in [0.1, 0.15) is 37.8 Å². The van der Waals surface area contributed by atoms with Crippen LogP contribution in [0.15, 0.2) is 59.2 Å². The van der Waals surface area contributed by atoms with E-state index in [1.54, 1.807) is 11.9 Å². The molecule has 4 fully saturated rings. The Morgan fingerprint density at radius 2 is 2.03 bits per heavy atom. The fraction of sp³-hybridized carbons (Fsp3) is 0.462. The number of nitrogens with two attached hydrogens (primary N) is 1. The number of hydrogen-bond donors (Lipinski definition) is 2. The molecule has 3 aromatic rings. The molecular formula is C26H31BN2O3S. The third-order valence-corrected chi connectivity index (χ3v) is 9.13. The van der Waals surface area contributed by atoms with Crippen molar-refractivity contribution in [2.75, 3.05) is 5.73 Å².